The number of pyridine rings is 1. The molecular formula is C11H11N3O3. The molecule has 0 unspecified atom stereocenters. The number of likely N-dealkylation sites (tertiary alicyclic amines) is 1. The fraction of sp³-hybridized carbons (Fsp3) is 0.364. The first-order chi connectivity index (χ1) is 8.19. The lowest BCUT2D eigenvalue weighted by Crippen LogP contribution is -2.29. The van der Waals surface area contributed by atoms with Gasteiger partial charge in [0.25, 0.3) is 0 Å². The van der Waals surface area contributed by atoms with Gasteiger partial charge in [-0.2, -0.15) is 5.26 Å². The van der Waals surface area contributed by atoms with E-state index in [1.54, 1.807) is 12.1 Å². The van der Waals surface area contributed by atoms with Gasteiger partial charge in [-0.3, -0.25) is 0 Å². The Morgan fingerprint density at radius 2 is 2.47 bits per heavy atom. The molecule has 0 aromatic carbocycles. The van der Waals surface area contributed by atoms with Crippen molar-refractivity contribution < 1.29 is 14.6 Å². The largest absolute Gasteiger partial charge is 0.472 e. The summed E-state index contributed by atoms with van der Waals surface area (Å²) in [6.45, 7) is 0.841. The Balaban J connectivity index is 1.94. The maximum absolute atomic E-state index is 10.7. The maximum Gasteiger partial charge on any atom is 0.407 e. The molecule has 1 aliphatic rings. The van der Waals surface area contributed by atoms with Gasteiger partial charge >= 0.3 is 6.09 Å². The van der Waals surface area contributed by atoms with E-state index in [-0.39, 0.29) is 6.10 Å². The molecule has 1 aromatic rings. The first-order valence-corrected chi connectivity index (χ1v) is 5.19. The molecule has 1 aliphatic heterocycles. The van der Waals surface area contributed by atoms with Crippen LogP contribution in [0.3, 0.4) is 0 Å². The van der Waals surface area contributed by atoms with Crippen LogP contribution in [0.4, 0.5) is 4.79 Å². The van der Waals surface area contributed by atoms with Gasteiger partial charge in [0, 0.05) is 25.2 Å². The number of nitrogens with zero attached hydrogens (tertiary/aromatic N) is 3. The molecule has 0 radical (unpaired) electrons. The van der Waals surface area contributed by atoms with Crippen molar-refractivity contribution in [2.75, 3.05) is 13.1 Å². The Kier molecular flexibility index (Phi) is 3.10. The van der Waals surface area contributed by atoms with Crippen LogP contribution in [-0.4, -0.2) is 40.3 Å². The van der Waals surface area contributed by atoms with Crippen LogP contribution in [0.25, 0.3) is 0 Å². The second-order valence-corrected chi connectivity index (χ2v) is 3.75. The van der Waals surface area contributed by atoms with Crippen molar-refractivity contribution >= 4 is 6.09 Å². The summed E-state index contributed by atoms with van der Waals surface area (Å²) in [6, 6.07) is 5.20. The van der Waals surface area contributed by atoms with Crippen molar-refractivity contribution in [3.63, 3.8) is 0 Å². The summed E-state index contributed by atoms with van der Waals surface area (Å²) >= 11 is 0. The van der Waals surface area contributed by atoms with Gasteiger partial charge < -0.3 is 14.7 Å². The van der Waals surface area contributed by atoms with Crippen molar-refractivity contribution in [2.24, 2.45) is 0 Å². The van der Waals surface area contributed by atoms with Crippen LogP contribution >= 0.6 is 0 Å². The molecular weight excluding hydrogens is 222 g/mol. The molecule has 0 aliphatic carbocycles. The van der Waals surface area contributed by atoms with Gasteiger partial charge in [-0.25, -0.2) is 9.78 Å². The third-order valence-corrected chi connectivity index (χ3v) is 2.57. The molecule has 1 saturated heterocycles. The van der Waals surface area contributed by atoms with Gasteiger partial charge in [-0.15, -0.1) is 0 Å². The topological polar surface area (TPSA) is 86.5 Å². The fourth-order valence-corrected chi connectivity index (χ4v) is 1.69. The smallest absolute Gasteiger partial charge is 0.407 e. The summed E-state index contributed by atoms with van der Waals surface area (Å²) in [5.74, 6) is 0.418. The highest BCUT2D eigenvalue weighted by molar-refractivity contribution is 5.65. The second-order valence-electron chi connectivity index (χ2n) is 3.75. The van der Waals surface area contributed by atoms with E-state index in [0.29, 0.717) is 31.0 Å². The summed E-state index contributed by atoms with van der Waals surface area (Å²) in [5.41, 5.74) is 0.468. The summed E-state index contributed by atoms with van der Waals surface area (Å²) < 4.78 is 5.53. The van der Waals surface area contributed by atoms with Crippen molar-refractivity contribution in [2.45, 2.75) is 12.5 Å². The van der Waals surface area contributed by atoms with Gasteiger partial charge in [0.15, 0.2) is 0 Å². The number of hydrogen-bond donors (Lipinski definition) is 1. The minimum atomic E-state index is -0.927. The Bertz CT molecular complexity index is 452. The van der Waals surface area contributed by atoms with Gasteiger partial charge in [-0.05, 0) is 6.07 Å². The number of hydrogen-bond acceptors (Lipinski definition) is 4. The van der Waals surface area contributed by atoms with E-state index in [9.17, 15) is 4.79 Å². The zero-order valence-electron chi connectivity index (χ0n) is 9.04. The molecule has 1 amide bonds. The molecule has 1 N–H and O–H groups in total. The van der Waals surface area contributed by atoms with Crippen molar-refractivity contribution in [3.8, 4) is 11.9 Å². The predicted molar refractivity (Wildman–Crippen MR) is 57.6 cm³/mol. The Hall–Kier alpha value is -2.29. The molecule has 0 spiro atoms. The monoisotopic (exact) mass is 233 g/mol. The van der Waals surface area contributed by atoms with E-state index in [1.807, 2.05) is 6.07 Å². The molecule has 1 fully saturated rings. The van der Waals surface area contributed by atoms with E-state index >= 15 is 0 Å². The summed E-state index contributed by atoms with van der Waals surface area (Å²) in [7, 11) is 0. The molecule has 0 saturated carbocycles. The zero-order chi connectivity index (χ0) is 12.3. The Morgan fingerprint density at radius 3 is 3.00 bits per heavy atom. The van der Waals surface area contributed by atoms with E-state index in [4.69, 9.17) is 15.1 Å². The summed E-state index contributed by atoms with van der Waals surface area (Å²) in [4.78, 5) is 16.0. The molecule has 6 nitrogen and oxygen atoms in total. The van der Waals surface area contributed by atoms with Gasteiger partial charge in [0.05, 0.1) is 12.1 Å². The average Bonchev–Trinajstić information content (AvgIpc) is 2.79. The number of ether oxygens (including phenoxy) is 1. The fourth-order valence-electron chi connectivity index (χ4n) is 1.69. The maximum atomic E-state index is 10.7. The van der Waals surface area contributed by atoms with Gasteiger partial charge in [0.1, 0.15) is 12.2 Å². The molecule has 88 valence electrons. The quantitative estimate of drug-likeness (QED) is 0.826. The van der Waals surface area contributed by atoms with Crippen LogP contribution in [0.2, 0.25) is 0 Å². The molecule has 2 rings (SSSR count). The number of carboxylic acid groups (broad SMARTS) is 1. The standard InChI is InChI=1S/C11H11N3O3/c12-5-8-1-2-10(13-6-8)17-9-3-4-14(7-9)11(15)16/h1-2,6,9H,3-4,7H2,(H,15,16)/t9-/m1/s1. The van der Waals surface area contributed by atoms with E-state index in [1.165, 1.54) is 11.1 Å². The first kappa shape index (κ1) is 11.2. The van der Waals surface area contributed by atoms with Gasteiger partial charge in [-0.1, -0.05) is 0 Å². The van der Waals surface area contributed by atoms with Crippen LogP contribution in [-0.2, 0) is 0 Å². The van der Waals surface area contributed by atoms with Crippen LogP contribution in [0, 0.1) is 11.3 Å². The highest BCUT2D eigenvalue weighted by Gasteiger charge is 2.27. The lowest BCUT2D eigenvalue weighted by Gasteiger charge is -2.13. The molecule has 17 heavy (non-hydrogen) atoms. The SMILES string of the molecule is N#Cc1ccc(O[C@@H]2CCN(C(=O)O)C2)nc1. The highest BCUT2D eigenvalue weighted by Crippen LogP contribution is 2.16. The minimum Gasteiger partial charge on any atom is -0.472 e. The molecule has 1 atom stereocenters. The van der Waals surface area contributed by atoms with E-state index in [2.05, 4.69) is 4.98 Å². The van der Waals surface area contributed by atoms with Crippen LogP contribution < -0.4 is 4.74 Å². The number of carbonyl (C=O) groups is 1. The Labute approximate surface area is 98.1 Å². The molecule has 6 heteroatoms. The van der Waals surface area contributed by atoms with Gasteiger partial charge in [0.2, 0.25) is 5.88 Å². The van der Waals surface area contributed by atoms with Crippen LogP contribution in [0.15, 0.2) is 18.3 Å². The predicted octanol–water partition coefficient (Wildman–Crippen LogP) is 1.08. The van der Waals surface area contributed by atoms with Crippen molar-refractivity contribution in [3.05, 3.63) is 23.9 Å². The van der Waals surface area contributed by atoms with Crippen LogP contribution in [0.5, 0.6) is 5.88 Å². The first-order valence-electron chi connectivity index (χ1n) is 5.19. The van der Waals surface area contributed by atoms with E-state index < -0.39 is 6.09 Å². The lowest BCUT2D eigenvalue weighted by atomic mass is 10.3. The third-order valence-electron chi connectivity index (χ3n) is 2.57. The minimum absolute atomic E-state index is 0.161. The molecule has 1 aromatic heterocycles. The van der Waals surface area contributed by atoms with Crippen LogP contribution in [0.1, 0.15) is 12.0 Å². The lowest BCUT2D eigenvalue weighted by molar-refractivity contribution is 0.144. The summed E-state index contributed by atoms with van der Waals surface area (Å²) in [5, 5.41) is 17.4. The van der Waals surface area contributed by atoms with Crippen molar-refractivity contribution in [1.29, 1.82) is 5.26 Å². The molecule has 0 bridgehead atoms. The number of nitriles is 1. The molecule has 2 heterocycles. The zero-order valence-corrected chi connectivity index (χ0v) is 9.04. The second kappa shape index (κ2) is 4.70. The average molecular weight is 233 g/mol. The Morgan fingerprint density at radius 1 is 1.65 bits per heavy atom. The normalized spacial score (nSPS) is 18.8. The number of rotatable bonds is 2. The number of amides is 1. The third kappa shape index (κ3) is 2.64. The summed E-state index contributed by atoms with van der Waals surface area (Å²) in [6.07, 6.45) is 1.00. The highest BCUT2D eigenvalue weighted by atomic mass is 16.5. The van der Waals surface area contributed by atoms with E-state index in [0.717, 1.165) is 0 Å². The van der Waals surface area contributed by atoms with Crippen molar-refractivity contribution in [1.82, 2.24) is 9.88 Å². The number of aromatic nitrogens is 1.